The minimum Gasteiger partial charge on any atom is -0.756 e. The summed E-state index contributed by atoms with van der Waals surface area (Å²) < 4.78 is 23.4. The van der Waals surface area contributed by atoms with Crippen molar-refractivity contribution in [3.05, 3.63) is 72.9 Å². The van der Waals surface area contributed by atoms with Crippen LogP contribution in [0, 0.1) is 0 Å². The highest BCUT2D eigenvalue weighted by Gasteiger charge is 2.23. The number of unbranched alkanes of at least 4 members (excludes halogenated alkanes) is 32. The summed E-state index contributed by atoms with van der Waals surface area (Å²) in [6.45, 7) is 4.56. The number of hydrogen-bond donors (Lipinski definition) is 2. The van der Waals surface area contributed by atoms with E-state index in [2.05, 4.69) is 79.9 Å². The zero-order valence-electron chi connectivity index (χ0n) is 47.9. The summed E-state index contributed by atoms with van der Waals surface area (Å²) in [6.07, 6.45) is 74.1. The Kier molecular flexibility index (Phi) is 52.2. The van der Waals surface area contributed by atoms with Crippen LogP contribution in [0.1, 0.15) is 271 Å². The lowest BCUT2D eigenvalue weighted by atomic mass is 10.0. The molecule has 420 valence electrons. The van der Waals surface area contributed by atoms with Gasteiger partial charge in [0.05, 0.1) is 39.9 Å². The summed E-state index contributed by atoms with van der Waals surface area (Å²) in [7, 11) is 1.26. The predicted molar refractivity (Wildman–Crippen MR) is 311 cm³/mol. The lowest BCUT2D eigenvalue weighted by molar-refractivity contribution is -0.870. The second kappa shape index (κ2) is 53.8. The van der Waals surface area contributed by atoms with Crippen LogP contribution in [0.4, 0.5) is 0 Å². The third-order valence-corrected chi connectivity index (χ3v) is 14.4. The Bertz CT molecular complexity index is 1400. The largest absolute Gasteiger partial charge is 0.756 e. The van der Waals surface area contributed by atoms with Gasteiger partial charge in [-0.25, -0.2) is 0 Å². The van der Waals surface area contributed by atoms with E-state index in [1.54, 1.807) is 6.08 Å². The zero-order chi connectivity index (χ0) is 52.7. The summed E-state index contributed by atoms with van der Waals surface area (Å²) in [6, 6.07) is -0.890. The quantitative estimate of drug-likeness (QED) is 0.0272. The number of hydrogen-bond acceptors (Lipinski definition) is 6. The van der Waals surface area contributed by atoms with E-state index in [4.69, 9.17) is 9.05 Å². The maximum atomic E-state index is 13.0. The normalized spacial score (nSPS) is 14.4. The Morgan fingerprint density at radius 2 is 0.847 bits per heavy atom. The molecule has 2 N–H and O–H groups in total. The van der Waals surface area contributed by atoms with Crippen LogP contribution in [0.15, 0.2) is 72.9 Å². The van der Waals surface area contributed by atoms with E-state index in [0.29, 0.717) is 17.4 Å². The minimum atomic E-state index is -4.60. The first kappa shape index (κ1) is 69.9. The highest BCUT2D eigenvalue weighted by molar-refractivity contribution is 7.45. The number of quaternary nitrogens is 1. The SMILES string of the molecule is CC/C=C\C/C=C\C/C=C\C/C=C\C/C=C\CCCCCCCCCCCCCCCCCC(=O)NC(COP(=O)([O-])OCC[N+](C)(C)C)C(O)/C=C/CCCCCCCCCCCCCCCCCCC. The van der Waals surface area contributed by atoms with Gasteiger partial charge in [-0.3, -0.25) is 9.36 Å². The van der Waals surface area contributed by atoms with Crippen molar-refractivity contribution in [1.29, 1.82) is 0 Å². The molecule has 0 rings (SSSR count). The fourth-order valence-electron chi connectivity index (χ4n) is 8.71. The van der Waals surface area contributed by atoms with Gasteiger partial charge in [0.2, 0.25) is 5.91 Å². The van der Waals surface area contributed by atoms with Crippen molar-refractivity contribution in [3.8, 4) is 0 Å². The first-order valence-electron chi connectivity index (χ1n) is 30.3. The summed E-state index contributed by atoms with van der Waals surface area (Å²) in [5.41, 5.74) is 0. The van der Waals surface area contributed by atoms with Gasteiger partial charge in [0.25, 0.3) is 7.82 Å². The van der Waals surface area contributed by atoms with Crippen LogP contribution in [-0.2, 0) is 18.4 Å². The molecule has 0 radical (unpaired) electrons. The van der Waals surface area contributed by atoms with Gasteiger partial charge in [0.15, 0.2) is 0 Å². The summed E-state index contributed by atoms with van der Waals surface area (Å²) in [4.78, 5) is 25.5. The molecule has 0 saturated heterocycles. The molecule has 0 aromatic carbocycles. The van der Waals surface area contributed by atoms with Crippen molar-refractivity contribution >= 4 is 13.7 Å². The number of aliphatic hydroxyl groups excluding tert-OH is 1. The Morgan fingerprint density at radius 3 is 1.24 bits per heavy atom. The second-order valence-corrected chi connectivity index (χ2v) is 23.1. The van der Waals surface area contributed by atoms with Crippen molar-refractivity contribution in [3.63, 3.8) is 0 Å². The zero-order valence-corrected chi connectivity index (χ0v) is 48.8. The number of rotatable bonds is 55. The van der Waals surface area contributed by atoms with E-state index < -0.39 is 20.0 Å². The molecule has 1 amide bonds. The topological polar surface area (TPSA) is 108 Å². The van der Waals surface area contributed by atoms with Crippen LogP contribution in [-0.4, -0.2) is 68.5 Å². The molecule has 0 spiro atoms. The molecule has 0 fully saturated rings. The third-order valence-electron chi connectivity index (χ3n) is 13.4. The molecule has 3 atom stereocenters. The first-order chi connectivity index (χ1) is 35.0. The molecular formula is C63H117N2O6P. The van der Waals surface area contributed by atoms with E-state index in [1.807, 2.05) is 27.2 Å². The Balaban J connectivity index is 4.13. The predicted octanol–water partition coefficient (Wildman–Crippen LogP) is 18.0. The van der Waals surface area contributed by atoms with Gasteiger partial charge in [-0.2, -0.15) is 0 Å². The molecule has 0 aromatic heterocycles. The van der Waals surface area contributed by atoms with Gasteiger partial charge in [0, 0.05) is 6.42 Å². The molecule has 0 aromatic rings. The molecule has 0 saturated carbocycles. The van der Waals surface area contributed by atoms with Gasteiger partial charge in [-0.1, -0.05) is 273 Å². The smallest absolute Gasteiger partial charge is 0.268 e. The molecular weight excluding hydrogens is 912 g/mol. The molecule has 8 nitrogen and oxygen atoms in total. The van der Waals surface area contributed by atoms with Crippen molar-refractivity contribution in [2.24, 2.45) is 0 Å². The van der Waals surface area contributed by atoms with Gasteiger partial charge in [-0.15, -0.1) is 0 Å². The van der Waals surface area contributed by atoms with E-state index in [-0.39, 0.29) is 19.1 Å². The first-order valence-corrected chi connectivity index (χ1v) is 31.8. The molecule has 0 heterocycles. The van der Waals surface area contributed by atoms with Crippen LogP contribution in [0.25, 0.3) is 0 Å². The lowest BCUT2D eigenvalue weighted by Gasteiger charge is -2.29. The van der Waals surface area contributed by atoms with Crippen LogP contribution in [0.2, 0.25) is 0 Å². The Hall–Kier alpha value is -2.06. The molecule has 0 aliphatic carbocycles. The number of nitrogens with one attached hydrogen (secondary N) is 1. The van der Waals surface area contributed by atoms with Crippen LogP contribution in [0.5, 0.6) is 0 Å². The van der Waals surface area contributed by atoms with Crippen molar-refractivity contribution in [2.45, 2.75) is 283 Å². The summed E-state index contributed by atoms with van der Waals surface area (Å²) in [5, 5.41) is 13.9. The van der Waals surface area contributed by atoms with Crippen LogP contribution >= 0.6 is 7.82 Å². The van der Waals surface area contributed by atoms with E-state index in [1.165, 1.54) is 180 Å². The maximum Gasteiger partial charge on any atom is 0.268 e. The van der Waals surface area contributed by atoms with Gasteiger partial charge in [-0.05, 0) is 64.2 Å². The fraction of sp³-hybridized carbons (Fsp3) is 0.794. The molecule has 72 heavy (non-hydrogen) atoms. The molecule has 0 bridgehead atoms. The lowest BCUT2D eigenvalue weighted by Crippen LogP contribution is -2.45. The average molecular weight is 1030 g/mol. The van der Waals surface area contributed by atoms with Gasteiger partial charge >= 0.3 is 0 Å². The number of phosphoric ester groups is 1. The van der Waals surface area contributed by atoms with Crippen LogP contribution in [0.3, 0.4) is 0 Å². The molecule has 0 aliphatic heterocycles. The number of likely N-dealkylation sites (N-methyl/N-ethyl adjacent to an activating group) is 1. The Labute approximate surface area is 446 Å². The highest BCUT2D eigenvalue weighted by Crippen LogP contribution is 2.38. The number of aliphatic hydroxyl groups is 1. The third kappa shape index (κ3) is 55.7. The van der Waals surface area contributed by atoms with Gasteiger partial charge < -0.3 is 28.8 Å². The second-order valence-electron chi connectivity index (χ2n) is 21.7. The molecule has 3 unspecified atom stereocenters. The average Bonchev–Trinajstić information content (AvgIpc) is 3.34. The van der Waals surface area contributed by atoms with Crippen LogP contribution < -0.4 is 10.2 Å². The van der Waals surface area contributed by atoms with Crippen molar-refractivity contribution in [1.82, 2.24) is 5.32 Å². The molecule has 9 heteroatoms. The number of carbonyl (C=O) groups is 1. The number of phosphoric acid groups is 1. The molecule has 0 aliphatic rings. The number of nitrogens with zero attached hydrogens (tertiary/aromatic N) is 1. The fourth-order valence-corrected chi connectivity index (χ4v) is 9.43. The summed E-state index contributed by atoms with van der Waals surface area (Å²) in [5.74, 6) is -0.197. The monoisotopic (exact) mass is 1030 g/mol. The standard InChI is InChI=1S/C63H117N2O6P/c1-6-8-10-12-14-16-18-20-22-24-26-27-28-29-30-31-32-33-34-35-36-37-39-41-43-45-47-49-51-53-55-57-63(67)64-61(60-71-72(68,69)70-59-58-65(3,4)5)62(66)56-54-52-50-48-46-44-42-40-38-25-23-21-19-17-15-13-11-9-7-2/h8,10,14,16,20,22,26-27,29-30,54,56,61-62,66H,6-7,9,11-13,15,17-19,21,23-25,28,31-53,55,57-60H2,1-5H3,(H-,64,67,68,69)/b10-8-,16-14-,22-20-,27-26-,30-29-,56-54+. The number of allylic oxidation sites excluding steroid dienone is 11. The maximum absolute atomic E-state index is 13.0. The number of carbonyl (C=O) groups excluding carboxylic acids is 1. The minimum absolute atomic E-state index is 0.00220. The van der Waals surface area contributed by atoms with E-state index in [0.717, 1.165) is 70.6 Å². The van der Waals surface area contributed by atoms with Crippen molar-refractivity contribution in [2.75, 3.05) is 40.9 Å². The Morgan fingerprint density at radius 1 is 0.500 bits per heavy atom. The number of amides is 1. The van der Waals surface area contributed by atoms with Gasteiger partial charge in [0.1, 0.15) is 13.2 Å². The summed E-state index contributed by atoms with van der Waals surface area (Å²) >= 11 is 0. The highest BCUT2D eigenvalue weighted by atomic mass is 31.2. The van der Waals surface area contributed by atoms with E-state index in [9.17, 15) is 19.4 Å². The van der Waals surface area contributed by atoms with Crippen molar-refractivity contribution < 1.29 is 32.9 Å². The van der Waals surface area contributed by atoms with E-state index >= 15 is 0 Å².